The number of benzene rings is 1. The number of hydrogen-bond acceptors (Lipinski definition) is 2. The van der Waals surface area contributed by atoms with Gasteiger partial charge in [-0.25, -0.2) is 0 Å². The smallest absolute Gasteiger partial charge is 0.387 e. The highest BCUT2D eigenvalue weighted by Gasteiger charge is 2.39. The third kappa shape index (κ3) is 2.16. The van der Waals surface area contributed by atoms with E-state index in [4.69, 9.17) is 5.73 Å². The molecule has 0 aliphatic heterocycles. The van der Waals surface area contributed by atoms with Gasteiger partial charge in [0.25, 0.3) is 0 Å². The molecule has 0 heterocycles. The molecule has 2 rings (SSSR count). The van der Waals surface area contributed by atoms with Crippen LogP contribution in [0, 0.1) is 12.8 Å². The molecule has 16 heavy (non-hydrogen) atoms. The second kappa shape index (κ2) is 4.37. The van der Waals surface area contributed by atoms with E-state index in [9.17, 15) is 8.78 Å². The van der Waals surface area contributed by atoms with Gasteiger partial charge >= 0.3 is 6.61 Å². The Labute approximate surface area is 93.4 Å². The quantitative estimate of drug-likeness (QED) is 0.858. The van der Waals surface area contributed by atoms with Crippen LogP contribution in [-0.4, -0.2) is 13.2 Å². The first-order chi connectivity index (χ1) is 7.63. The summed E-state index contributed by atoms with van der Waals surface area (Å²) in [5, 5.41) is 0. The van der Waals surface area contributed by atoms with Gasteiger partial charge in [0.05, 0.1) is 0 Å². The molecule has 1 aliphatic carbocycles. The monoisotopic (exact) mass is 227 g/mol. The number of alkyl halides is 2. The maximum Gasteiger partial charge on any atom is 0.387 e. The summed E-state index contributed by atoms with van der Waals surface area (Å²) in [6.07, 6.45) is 0.972. The van der Waals surface area contributed by atoms with Crippen LogP contribution >= 0.6 is 0 Å². The highest BCUT2D eigenvalue weighted by atomic mass is 19.3. The predicted molar refractivity (Wildman–Crippen MR) is 57.7 cm³/mol. The third-order valence-corrected chi connectivity index (χ3v) is 3.07. The summed E-state index contributed by atoms with van der Waals surface area (Å²) in [5.74, 6) is 1.04. The Morgan fingerprint density at radius 2 is 2.25 bits per heavy atom. The molecule has 0 aromatic heterocycles. The van der Waals surface area contributed by atoms with Crippen LogP contribution in [0.15, 0.2) is 18.2 Å². The van der Waals surface area contributed by atoms with E-state index in [1.807, 2.05) is 12.1 Å². The Hall–Kier alpha value is -1.16. The van der Waals surface area contributed by atoms with Crippen molar-refractivity contribution in [2.45, 2.75) is 25.9 Å². The van der Waals surface area contributed by atoms with Gasteiger partial charge in [0.2, 0.25) is 0 Å². The first-order valence-electron chi connectivity index (χ1n) is 5.38. The first-order valence-corrected chi connectivity index (χ1v) is 5.38. The standard InChI is InChI=1S/C12H15F2NO/c1-7-3-2-4-9(10-5-8(10)6-15)11(7)16-12(13)14/h2-4,8,10,12H,5-6,15H2,1H3. The lowest BCUT2D eigenvalue weighted by molar-refractivity contribution is -0.0509. The molecule has 2 nitrogen and oxygen atoms in total. The number of hydrogen-bond donors (Lipinski definition) is 1. The molecular weight excluding hydrogens is 212 g/mol. The van der Waals surface area contributed by atoms with E-state index in [2.05, 4.69) is 4.74 Å². The minimum absolute atomic E-state index is 0.290. The van der Waals surface area contributed by atoms with E-state index in [1.165, 1.54) is 0 Å². The van der Waals surface area contributed by atoms with Crippen LogP contribution in [-0.2, 0) is 0 Å². The fraction of sp³-hybridized carbons (Fsp3) is 0.500. The lowest BCUT2D eigenvalue weighted by atomic mass is 10.0. The Morgan fingerprint density at radius 1 is 1.50 bits per heavy atom. The van der Waals surface area contributed by atoms with Gasteiger partial charge in [-0.05, 0) is 42.9 Å². The van der Waals surface area contributed by atoms with Crippen LogP contribution in [0.2, 0.25) is 0 Å². The zero-order valence-corrected chi connectivity index (χ0v) is 9.12. The number of nitrogens with two attached hydrogens (primary N) is 1. The van der Waals surface area contributed by atoms with Crippen LogP contribution < -0.4 is 10.5 Å². The minimum Gasteiger partial charge on any atom is -0.434 e. The van der Waals surface area contributed by atoms with Gasteiger partial charge in [0.1, 0.15) is 5.75 Å². The van der Waals surface area contributed by atoms with Crippen molar-refractivity contribution in [3.8, 4) is 5.75 Å². The molecule has 0 amide bonds. The van der Waals surface area contributed by atoms with Gasteiger partial charge in [-0.1, -0.05) is 18.2 Å². The van der Waals surface area contributed by atoms with Crippen molar-refractivity contribution in [3.05, 3.63) is 29.3 Å². The predicted octanol–water partition coefficient (Wildman–Crippen LogP) is 2.66. The summed E-state index contributed by atoms with van der Waals surface area (Å²) >= 11 is 0. The molecule has 1 aromatic rings. The van der Waals surface area contributed by atoms with Crippen molar-refractivity contribution in [2.24, 2.45) is 11.7 Å². The fourth-order valence-electron chi connectivity index (χ4n) is 2.11. The van der Waals surface area contributed by atoms with Crippen molar-refractivity contribution < 1.29 is 13.5 Å². The molecule has 88 valence electrons. The molecule has 1 aliphatic rings. The molecule has 1 fully saturated rings. The third-order valence-electron chi connectivity index (χ3n) is 3.07. The Kier molecular flexibility index (Phi) is 3.10. The average molecular weight is 227 g/mol. The van der Waals surface area contributed by atoms with Crippen LogP contribution in [0.3, 0.4) is 0 Å². The molecule has 2 atom stereocenters. The van der Waals surface area contributed by atoms with Crippen molar-refractivity contribution in [1.29, 1.82) is 0 Å². The molecule has 1 aromatic carbocycles. The normalized spacial score (nSPS) is 23.6. The van der Waals surface area contributed by atoms with Crippen LogP contribution in [0.4, 0.5) is 8.78 Å². The van der Waals surface area contributed by atoms with Crippen LogP contribution in [0.25, 0.3) is 0 Å². The minimum atomic E-state index is -2.77. The molecule has 0 spiro atoms. The largest absolute Gasteiger partial charge is 0.434 e. The van der Waals surface area contributed by atoms with Crippen molar-refractivity contribution in [3.63, 3.8) is 0 Å². The zero-order valence-electron chi connectivity index (χ0n) is 9.12. The molecule has 2 unspecified atom stereocenters. The Morgan fingerprint density at radius 3 is 2.81 bits per heavy atom. The molecule has 0 saturated heterocycles. The zero-order chi connectivity index (χ0) is 11.7. The number of rotatable bonds is 4. The number of aryl methyl sites for hydroxylation is 1. The number of halogens is 2. The first kappa shape index (κ1) is 11.3. The maximum atomic E-state index is 12.3. The Bertz CT molecular complexity index is 381. The average Bonchev–Trinajstić information content (AvgIpc) is 2.99. The molecule has 1 saturated carbocycles. The van der Waals surface area contributed by atoms with Gasteiger partial charge in [-0.2, -0.15) is 8.78 Å². The van der Waals surface area contributed by atoms with Gasteiger partial charge in [0, 0.05) is 0 Å². The second-order valence-corrected chi connectivity index (χ2v) is 4.21. The lowest BCUT2D eigenvalue weighted by Gasteiger charge is -2.13. The maximum absolute atomic E-state index is 12.3. The van der Waals surface area contributed by atoms with E-state index in [-0.39, 0.29) is 0 Å². The summed E-state index contributed by atoms with van der Waals surface area (Å²) in [6, 6.07) is 5.50. The summed E-state index contributed by atoms with van der Waals surface area (Å²) in [4.78, 5) is 0. The van der Waals surface area contributed by atoms with Gasteiger partial charge < -0.3 is 10.5 Å². The van der Waals surface area contributed by atoms with E-state index in [1.54, 1.807) is 13.0 Å². The van der Waals surface area contributed by atoms with E-state index >= 15 is 0 Å². The molecule has 4 heteroatoms. The van der Waals surface area contributed by atoms with Gasteiger partial charge in [-0.3, -0.25) is 0 Å². The summed E-state index contributed by atoms with van der Waals surface area (Å²) in [7, 11) is 0. The summed E-state index contributed by atoms with van der Waals surface area (Å²) < 4.78 is 29.2. The Balaban J connectivity index is 2.26. The fourth-order valence-corrected chi connectivity index (χ4v) is 2.11. The second-order valence-electron chi connectivity index (χ2n) is 4.21. The lowest BCUT2D eigenvalue weighted by Crippen LogP contribution is -2.07. The highest BCUT2D eigenvalue weighted by Crippen LogP contribution is 2.50. The van der Waals surface area contributed by atoms with Crippen LogP contribution in [0.5, 0.6) is 5.75 Å². The highest BCUT2D eigenvalue weighted by molar-refractivity contribution is 5.45. The van der Waals surface area contributed by atoms with Gasteiger partial charge in [-0.15, -0.1) is 0 Å². The summed E-state index contributed by atoms with van der Waals surface area (Å²) in [5.41, 5.74) is 7.18. The number of ether oxygens (including phenoxy) is 1. The number of para-hydroxylation sites is 1. The molecule has 0 radical (unpaired) electrons. The van der Waals surface area contributed by atoms with Gasteiger partial charge in [0.15, 0.2) is 0 Å². The van der Waals surface area contributed by atoms with E-state index in [0.29, 0.717) is 24.1 Å². The van der Waals surface area contributed by atoms with E-state index < -0.39 is 6.61 Å². The SMILES string of the molecule is Cc1cccc(C2CC2CN)c1OC(F)F. The molecule has 0 bridgehead atoms. The van der Waals surface area contributed by atoms with Crippen molar-refractivity contribution >= 4 is 0 Å². The molecular formula is C12H15F2NO. The topological polar surface area (TPSA) is 35.2 Å². The summed E-state index contributed by atoms with van der Waals surface area (Å²) in [6.45, 7) is -0.386. The van der Waals surface area contributed by atoms with Crippen molar-refractivity contribution in [1.82, 2.24) is 0 Å². The molecule has 2 N–H and O–H groups in total. The van der Waals surface area contributed by atoms with Crippen molar-refractivity contribution in [2.75, 3.05) is 6.54 Å². The van der Waals surface area contributed by atoms with Crippen LogP contribution in [0.1, 0.15) is 23.5 Å². The van der Waals surface area contributed by atoms with E-state index in [0.717, 1.165) is 17.5 Å².